The second-order valence-electron chi connectivity index (χ2n) is 5.71. The fraction of sp³-hybridized carbons (Fsp3) is 0.167. The highest BCUT2D eigenvalue weighted by molar-refractivity contribution is 7.17. The van der Waals surface area contributed by atoms with E-state index in [4.69, 9.17) is 0 Å². The van der Waals surface area contributed by atoms with Crippen LogP contribution in [0.15, 0.2) is 48.0 Å². The van der Waals surface area contributed by atoms with E-state index in [9.17, 15) is 4.79 Å². The normalized spacial score (nSPS) is 10.9. The highest BCUT2D eigenvalue weighted by atomic mass is 32.1. The van der Waals surface area contributed by atoms with Crippen LogP contribution in [-0.4, -0.2) is 41.2 Å². The summed E-state index contributed by atoms with van der Waals surface area (Å²) in [5.74, 6) is -0.295. The summed E-state index contributed by atoms with van der Waals surface area (Å²) >= 11 is 1.27. The molecule has 3 rings (SSSR count). The summed E-state index contributed by atoms with van der Waals surface area (Å²) in [5, 5.41) is 4.68. The fourth-order valence-electron chi connectivity index (χ4n) is 2.20. The second kappa shape index (κ2) is 7.83. The first-order valence-electron chi connectivity index (χ1n) is 7.89. The minimum atomic E-state index is -0.295. The molecule has 0 saturated heterocycles. The lowest BCUT2D eigenvalue weighted by atomic mass is 10.2. The van der Waals surface area contributed by atoms with Crippen LogP contribution in [0.2, 0.25) is 0 Å². The molecule has 1 amide bonds. The van der Waals surface area contributed by atoms with Crippen LogP contribution >= 0.6 is 11.3 Å². The summed E-state index contributed by atoms with van der Waals surface area (Å²) in [4.78, 5) is 27.5. The Hall–Kier alpha value is -3.13. The van der Waals surface area contributed by atoms with E-state index in [-0.39, 0.29) is 5.91 Å². The molecule has 1 N–H and O–H groups in total. The number of benzene rings is 1. The van der Waals surface area contributed by atoms with Crippen LogP contribution in [0.5, 0.6) is 0 Å². The van der Waals surface area contributed by atoms with Gasteiger partial charge < -0.3 is 4.90 Å². The zero-order chi connectivity index (χ0) is 18.5. The molecule has 7 nitrogen and oxygen atoms in total. The molecule has 26 heavy (non-hydrogen) atoms. The smallest absolute Gasteiger partial charge is 0.283 e. The van der Waals surface area contributed by atoms with Gasteiger partial charge >= 0.3 is 0 Å². The molecule has 3 aromatic rings. The predicted octanol–water partition coefficient (Wildman–Crippen LogP) is 2.74. The van der Waals surface area contributed by atoms with E-state index in [2.05, 4.69) is 25.5 Å². The van der Waals surface area contributed by atoms with E-state index in [1.807, 2.05) is 43.3 Å². The number of carbonyl (C=O) groups excluding carboxylic acids is 1. The van der Waals surface area contributed by atoms with Gasteiger partial charge in [0.15, 0.2) is 0 Å². The standard InChI is InChI=1S/C18H18N6OS/c1-12-16(26-18(22-12)15-11-19-8-9-20-15)17(25)23-21-10-13-4-6-14(7-5-13)24(2)3/h4-11H,1-3H3,(H,23,25). The molecule has 0 aliphatic carbocycles. The maximum atomic E-state index is 12.3. The summed E-state index contributed by atoms with van der Waals surface area (Å²) in [7, 11) is 3.96. The number of aromatic nitrogens is 3. The summed E-state index contributed by atoms with van der Waals surface area (Å²) < 4.78 is 0. The van der Waals surface area contributed by atoms with Gasteiger partial charge in [-0.2, -0.15) is 5.10 Å². The Morgan fingerprint density at radius 3 is 2.65 bits per heavy atom. The van der Waals surface area contributed by atoms with Gasteiger partial charge in [0, 0.05) is 32.2 Å². The number of rotatable bonds is 5. The molecule has 0 fully saturated rings. The lowest BCUT2D eigenvalue weighted by Crippen LogP contribution is -2.17. The number of nitrogens with one attached hydrogen (secondary N) is 1. The first-order valence-corrected chi connectivity index (χ1v) is 8.71. The Bertz CT molecular complexity index is 919. The van der Waals surface area contributed by atoms with Gasteiger partial charge in [-0.3, -0.25) is 14.8 Å². The van der Waals surface area contributed by atoms with E-state index in [0.29, 0.717) is 21.3 Å². The number of hydrogen-bond acceptors (Lipinski definition) is 7. The number of hydrogen-bond donors (Lipinski definition) is 1. The van der Waals surface area contributed by atoms with Crippen molar-refractivity contribution in [2.45, 2.75) is 6.92 Å². The molecule has 0 unspecified atom stereocenters. The fourth-order valence-corrected chi connectivity index (χ4v) is 3.12. The van der Waals surface area contributed by atoms with E-state index in [1.165, 1.54) is 11.3 Å². The lowest BCUT2D eigenvalue weighted by Gasteiger charge is -2.11. The first-order chi connectivity index (χ1) is 12.5. The molecule has 0 radical (unpaired) electrons. The van der Waals surface area contributed by atoms with Crippen molar-refractivity contribution in [2.24, 2.45) is 5.10 Å². The van der Waals surface area contributed by atoms with Crippen molar-refractivity contribution in [3.8, 4) is 10.7 Å². The number of thiazole rings is 1. The Morgan fingerprint density at radius 2 is 2.00 bits per heavy atom. The maximum absolute atomic E-state index is 12.3. The van der Waals surface area contributed by atoms with Crippen LogP contribution in [0.25, 0.3) is 10.7 Å². The van der Waals surface area contributed by atoms with Crippen LogP contribution in [0, 0.1) is 6.92 Å². The SMILES string of the molecule is Cc1nc(-c2cnccn2)sc1C(=O)NN=Cc1ccc(N(C)C)cc1. The Kier molecular flexibility index (Phi) is 5.33. The van der Waals surface area contributed by atoms with Crippen LogP contribution in [0.1, 0.15) is 20.9 Å². The van der Waals surface area contributed by atoms with Crippen LogP contribution < -0.4 is 10.3 Å². The van der Waals surface area contributed by atoms with Gasteiger partial charge in [-0.25, -0.2) is 10.4 Å². The summed E-state index contributed by atoms with van der Waals surface area (Å²) in [6.07, 6.45) is 6.42. The summed E-state index contributed by atoms with van der Waals surface area (Å²) in [6.45, 7) is 1.79. The number of nitrogens with zero attached hydrogens (tertiary/aromatic N) is 5. The van der Waals surface area contributed by atoms with Crippen LogP contribution in [0.4, 0.5) is 5.69 Å². The number of hydrazone groups is 1. The molecule has 8 heteroatoms. The molecular formula is C18H18N6OS. The summed E-state index contributed by atoms with van der Waals surface area (Å²) in [5.41, 5.74) is 5.83. The van der Waals surface area contributed by atoms with Crippen molar-refractivity contribution in [3.63, 3.8) is 0 Å². The number of aryl methyl sites for hydroxylation is 1. The van der Waals surface area contributed by atoms with Gasteiger partial charge in [0.2, 0.25) is 0 Å². The van der Waals surface area contributed by atoms with Crippen molar-refractivity contribution < 1.29 is 4.79 Å². The van der Waals surface area contributed by atoms with Gasteiger partial charge in [-0.15, -0.1) is 11.3 Å². The van der Waals surface area contributed by atoms with Gasteiger partial charge in [0.05, 0.1) is 18.1 Å². The molecule has 0 aliphatic heterocycles. The molecule has 1 aromatic carbocycles. The molecule has 0 atom stereocenters. The number of anilines is 1. The van der Waals surface area contributed by atoms with Crippen LogP contribution in [-0.2, 0) is 0 Å². The Labute approximate surface area is 155 Å². The highest BCUT2D eigenvalue weighted by Crippen LogP contribution is 2.25. The van der Waals surface area contributed by atoms with E-state index in [1.54, 1.807) is 31.7 Å². The lowest BCUT2D eigenvalue weighted by molar-refractivity contribution is 0.0958. The average Bonchev–Trinajstić information content (AvgIpc) is 3.05. The maximum Gasteiger partial charge on any atom is 0.283 e. The molecule has 0 spiro atoms. The molecule has 132 valence electrons. The number of carbonyl (C=O) groups is 1. The molecular weight excluding hydrogens is 348 g/mol. The largest absolute Gasteiger partial charge is 0.378 e. The first kappa shape index (κ1) is 17.7. The zero-order valence-corrected chi connectivity index (χ0v) is 15.5. The third kappa shape index (κ3) is 4.09. The molecule has 2 aromatic heterocycles. The van der Waals surface area contributed by atoms with E-state index >= 15 is 0 Å². The number of amides is 1. The van der Waals surface area contributed by atoms with E-state index in [0.717, 1.165) is 11.3 Å². The average molecular weight is 366 g/mol. The van der Waals surface area contributed by atoms with Crippen molar-refractivity contribution in [2.75, 3.05) is 19.0 Å². The van der Waals surface area contributed by atoms with E-state index < -0.39 is 0 Å². The van der Waals surface area contributed by atoms with Crippen molar-refractivity contribution >= 4 is 29.1 Å². The third-order valence-electron chi connectivity index (χ3n) is 3.57. The van der Waals surface area contributed by atoms with Gasteiger partial charge in [-0.05, 0) is 24.6 Å². The minimum absolute atomic E-state index is 0.295. The van der Waals surface area contributed by atoms with Crippen molar-refractivity contribution in [3.05, 3.63) is 59.0 Å². The third-order valence-corrected chi connectivity index (χ3v) is 4.75. The van der Waals surface area contributed by atoms with Crippen molar-refractivity contribution in [1.29, 1.82) is 0 Å². The second-order valence-corrected chi connectivity index (χ2v) is 6.71. The predicted molar refractivity (Wildman–Crippen MR) is 104 cm³/mol. The minimum Gasteiger partial charge on any atom is -0.378 e. The molecule has 0 bridgehead atoms. The van der Waals surface area contributed by atoms with Crippen LogP contribution in [0.3, 0.4) is 0 Å². The van der Waals surface area contributed by atoms with Crippen molar-refractivity contribution in [1.82, 2.24) is 20.4 Å². The molecule has 0 saturated carbocycles. The highest BCUT2D eigenvalue weighted by Gasteiger charge is 2.16. The van der Waals surface area contributed by atoms with Gasteiger partial charge in [0.25, 0.3) is 5.91 Å². The Balaban J connectivity index is 1.67. The molecule has 2 heterocycles. The Morgan fingerprint density at radius 1 is 1.23 bits per heavy atom. The van der Waals surface area contributed by atoms with Gasteiger partial charge in [0.1, 0.15) is 15.6 Å². The molecule has 0 aliphatic rings. The monoisotopic (exact) mass is 366 g/mol. The quantitative estimate of drug-likeness (QED) is 0.554. The summed E-state index contributed by atoms with van der Waals surface area (Å²) in [6, 6.07) is 7.86. The topological polar surface area (TPSA) is 83.4 Å². The zero-order valence-electron chi connectivity index (χ0n) is 14.7. The van der Waals surface area contributed by atoms with Gasteiger partial charge in [-0.1, -0.05) is 12.1 Å².